The molecule has 2 N–H and O–H groups in total. The lowest BCUT2D eigenvalue weighted by Gasteiger charge is -2.15. The molecular formula is C16H28IN5O3. The van der Waals surface area contributed by atoms with E-state index in [1.807, 2.05) is 13.8 Å². The molecule has 0 aromatic carbocycles. The van der Waals surface area contributed by atoms with E-state index < -0.39 is 0 Å². The lowest BCUT2D eigenvalue weighted by atomic mass is 10.2. The molecule has 1 atom stereocenters. The van der Waals surface area contributed by atoms with E-state index in [4.69, 9.17) is 9.15 Å². The van der Waals surface area contributed by atoms with Gasteiger partial charge in [-0.15, -0.1) is 24.0 Å². The van der Waals surface area contributed by atoms with Gasteiger partial charge in [0.1, 0.15) is 12.3 Å². The molecule has 0 bridgehead atoms. The Labute approximate surface area is 165 Å². The summed E-state index contributed by atoms with van der Waals surface area (Å²) in [5, 5.41) is 6.37. The SMILES string of the molecule is Cc1nc(CNC(=NCC(=O)N(C)C)NCC2CCCO2)oc1C.I. The molecule has 0 radical (unpaired) electrons. The first-order chi connectivity index (χ1) is 11.5. The minimum absolute atomic E-state index is 0. The van der Waals surface area contributed by atoms with Gasteiger partial charge in [0.05, 0.1) is 18.3 Å². The Balaban J connectivity index is 0.00000312. The lowest BCUT2D eigenvalue weighted by molar-refractivity contribution is -0.127. The molecular weight excluding hydrogens is 437 g/mol. The van der Waals surface area contributed by atoms with Gasteiger partial charge in [-0.25, -0.2) is 9.98 Å². The number of likely N-dealkylation sites (N-methyl/N-ethyl adjacent to an activating group) is 1. The van der Waals surface area contributed by atoms with E-state index >= 15 is 0 Å². The third kappa shape index (κ3) is 7.18. The summed E-state index contributed by atoms with van der Waals surface area (Å²) < 4.78 is 11.1. The normalized spacial score (nSPS) is 17.1. The van der Waals surface area contributed by atoms with Crippen molar-refractivity contribution >= 4 is 35.8 Å². The Hall–Kier alpha value is -1.36. The molecule has 1 aromatic heterocycles. The summed E-state index contributed by atoms with van der Waals surface area (Å²) in [4.78, 5) is 21.9. The number of aryl methyl sites for hydroxylation is 2. The van der Waals surface area contributed by atoms with Crippen molar-refractivity contribution in [2.24, 2.45) is 4.99 Å². The van der Waals surface area contributed by atoms with Crippen LogP contribution >= 0.6 is 24.0 Å². The second-order valence-corrected chi connectivity index (χ2v) is 6.07. The summed E-state index contributed by atoms with van der Waals surface area (Å²) in [6.45, 7) is 5.74. The summed E-state index contributed by atoms with van der Waals surface area (Å²) in [5.74, 6) is 1.89. The van der Waals surface area contributed by atoms with Gasteiger partial charge >= 0.3 is 0 Å². The number of nitrogens with one attached hydrogen (secondary N) is 2. The molecule has 0 aliphatic carbocycles. The predicted octanol–water partition coefficient (Wildman–Crippen LogP) is 1.21. The zero-order valence-corrected chi connectivity index (χ0v) is 17.6. The monoisotopic (exact) mass is 465 g/mol. The summed E-state index contributed by atoms with van der Waals surface area (Å²) >= 11 is 0. The van der Waals surface area contributed by atoms with Crippen molar-refractivity contribution in [3.05, 3.63) is 17.3 Å². The highest BCUT2D eigenvalue weighted by Crippen LogP contribution is 2.10. The highest BCUT2D eigenvalue weighted by Gasteiger charge is 2.16. The molecule has 1 unspecified atom stereocenters. The first-order valence-corrected chi connectivity index (χ1v) is 8.22. The Morgan fingerprint density at radius 3 is 2.68 bits per heavy atom. The van der Waals surface area contributed by atoms with Crippen LogP contribution in [-0.2, 0) is 16.1 Å². The molecule has 9 heteroatoms. The Morgan fingerprint density at radius 1 is 1.36 bits per heavy atom. The zero-order chi connectivity index (χ0) is 17.5. The standard InChI is InChI=1S/C16H27N5O3.HI/c1-11-12(2)24-14(20-11)9-18-16(19-10-15(22)21(3)4)17-8-13-6-5-7-23-13;/h13H,5-10H2,1-4H3,(H2,17,18,19);1H. The van der Waals surface area contributed by atoms with E-state index in [1.54, 1.807) is 14.1 Å². The molecule has 142 valence electrons. The van der Waals surface area contributed by atoms with Crippen LogP contribution in [0.2, 0.25) is 0 Å². The second kappa shape index (κ2) is 10.6. The number of nitrogens with zero attached hydrogens (tertiary/aromatic N) is 3. The Morgan fingerprint density at radius 2 is 2.12 bits per heavy atom. The van der Waals surface area contributed by atoms with Crippen LogP contribution in [0.3, 0.4) is 0 Å². The van der Waals surface area contributed by atoms with Crippen LogP contribution in [0.5, 0.6) is 0 Å². The fourth-order valence-corrected chi connectivity index (χ4v) is 2.25. The van der Waals surface area contributed by atoms with Crippen LogP contribution in [0.25, 0.3) is 0 Å². The van der Waals surface area contributed by atoms with E-state index in [9.17, 15) is 4.79 Å². The summed E-state index contributed by atoms with van der Waals surface area (Å²) in [7, 11) is 3.42. The quantitative estimate of drug-likeness (QED) is 0.373. The molecule has 1 fully saturated rings. The Bertz CT molecular complexity index is 563. The van der Waals surface area contributed by atoms with E-state index in [0.29, 0.717) is 24.9 Å². The van der Waals surface area contributed by atoms with E-state index in [-0.39, 0.29) is 42.5 Å². The Kier molecular flexibility index (Phi) is 9.19. The number of amides is 1. The van der Waals surface area contributed by atoms with Gasteiger partial charge < -0.3 is 24.7 Å². The molecule has 1 aromatic rings. The van der Waals surface area contributed by atoms with Gasteiger partial charge in [0.2, 0.25) is 11.8 Å². The van der Waals surface area contributed by atoms with E-state index in [1.165, 1.54) is 4.90 Å². The highest BCUT2D eigenvalue weighted by atomic mass is 127. The maximum absolute atomic E-state index is 11.7. The van der Waals surface area contributed by atoms with Gasteiger partial charge in [0.25, 0.3) is 0 Å². The van der Waals surface area contributed by atoms with Crippen molar-refractivity contribution in [2.45, 2.75) is 39.3 Å². The molecule has 8 nitrogen and oxygen atoms in total. The highest BCUT2D eigenvalue weighted by molar-refractivity contribution is 14.0. The average molecular weight is 465 g/mol. The molecule has 0 saturated carbocycles. The maximum Gasteiger partial charge on any atom is 0.243 e. The fraction of sp³-hybridized carbons (Fsp3) is 0.688. The molecule has 1 amide bonds. The summed E-state index contributed by atoms with van der Waals surface area (Å²) in [6.07, 6.45) is 2.31. The van der Waals surface area contributed by atoms with Gasteiger partial charge in [-0.3, -0.25) is 4.79 Å². The largest absolute Gasteiger partial charge is 0.444 e. The first-order valence-electron chi connectivity index (χ1n) is 8.22. The van der Waals surface area contributed by atoms with Crippen LogP contribution in [0, 0.1) is 13.8 Å². The molecule has 1 aliphatic rings. The average Bonchev–Trinajstić information content (AvgIpc) is 3.16. The number of halogens is 1. The number of rotatable bonds is 6. The van der Waals surface area contributed by atoms with Crippen LogP contribution < -0.4 is 10.6 Å². The van der Waals surface area contributed by atoms with Gasteiger partial charge in [-0.05, 0) is 26.7 Å². The number of guanidine groups is 1. The first kappa shape index (κ1) is 21.7. The molecule has 0 spiro atoms. The van der Waals surface area contributed by atoms with Crippen molar-refractivity contribution in [1.29, 1.82) is 0 Å². The molecule has 1 aliphatic heterocycles. The fourth-order valence-electron chi connectivity index (χ4n) is 2.25. The molecule has 1 saturated heterocycles. The number of aliphatic imine (C=N–C) groups is 1. The maximum atomic E-state index is 11.7. The molecule has 2 heterocycles. The molecule has 25 heavy (non-hydrogen) atoms. The number of carbonyl (C=O) groups is 1. The number of hydrogen-bond acceptors (Lipinski definition) is 5. The number of oxazole rings is 1. The summed E-state index contributed by atoms with van der Waals surface area (Å²) in [6, 6.07) is 0. The van der Waals surface area contributed by atoms with Crippen molar-refractivity contribution < 1.29 is 13.9 Å². The number of hydrogen-bond donors (Lipinski definition) is 2. The van der Waals surface area contributed by atoms with Crippen molar-refractivity contribution in [1.82, 2.24) is 20.5 Å². The number of carbonyl (C=O) groups excluding carboxylic acids is 1. The second-order valence-electron chi connectivity index (χ2n) is 6.07. The predicted molar refractivity (Wildman–Crippen MR) is 106 cm³/mol. The number of aromatic nitrogens is 1. The number of ether oxygens (including phenoxy) is 1. The third-order valence-corrected chi connectivity index (χ3v) is 3.87. The van der Waals surface area contributed by atoms with Gasteiger partial charge in [-0.2, -0.15) is 0 Å². The van der Waals surface area contributed by atoms with Gasteiger partial charge in [0, 0.05) is 27.2 Å². The topological polar surface area (TPSA) is 92.0 Å². The van der Waals surface area contributed by atoms with Gasteiger partial charge in [-0.1, -0.05) is 0 Å². The minimum Gasteiger partial charge on any atom is -0.444 e. The lowest BCUT2D eigenvalue weighted by Crippen LogP contribution is -2.41. The van der Waals surface area contributed by atoms with Gasteiger partial charge in [0.15, 0.2) is 5.96 Å². The van der Waals surface area contributed by atoms with Crippen LogP contribution in [-0.4, -0.2) is 61.6 Å². The van der Waals surface area contributed by atoms with Crippen molar-refractivity contribution in [3.63, 3.8) is 0 Å². The smallest absolute Gasteiger partial charge is 0.243 e. The van der Waals surface area contributed by atoms with E-state index in [2.05, 4.69) is 20.6 Å². The molecule has 2 rings (SSSR count). The third-order valence-electron chi connectivity index (χ3n) is 3.87. The van der Waals surface area contributed by atoms with E-state index in [0.717, 1.165) is 30.9 Å². The van der Waals surface area contributed by atoms with Crippen molar-refractivity contribution in [2.75, 3.05) is 33.8 Å². The van der Waals surface area contributed by atoms with Crippen LogP contribution in [0.15, 0.2) is 9.41 Å². The van der Waals surface area contributed by atoms with Crippen LogP contribution in [0.1, 0.15) is 30.2 Å². The zero-order valence-electron chi connectivity index (χ0n) is 15.3. The minimum atomic E-state index is -0.0592. The van der Waals surface area contributed by atoms with Crippen LogP contribution in [0.4, 0.5) is 0 Å². The summed E-state index contributed by atoms with van der Waals surface area (Å²) in [5.41, 5.74) is 0.875. The van der Waals surface area contributed by atoms with Crippen molar-refractivity contribution in [3.8, 4) is 0 Å².